The van der Waals surface area contributed by atoms with Crippen LogP contribution in [0.5, 0.6) is 11.5 Å². The Bertz CT molecular complexity index is 1230. The molecule has 0 fully saturated rings. The van der Waals surface area contributed by atoms with E-state index < -0.39 is 0 Å². The summed E-state index contributed by atoms with van der Waals surface area (Å²) >= 11 is 0. The van der Waals surface area contributed by atoms with Gasteiger partial charge < -0.3 is 19.4 Å². The molecule has 1 N–H and O–H groups in total. The minimum Gasteiger partial charge on any atom is -0.497 e. The minimum atomic E-state index is -0.154. The molecule has 4 aromatic rings. The molecule has 4 rings (SSSR count). The molecule has 1 aromatic heterocycles. The van der Waals surface area contributed by atoms with Gasteiger partial charge in [-0.1, -0.05) is 30.3 Å². The number of ether oxygens (including phenoxy) is 2. The van der Waals surface area contributed by atoms with Crippen LogP contribution in [0.4, 0.5) is 0 Å². The van der Waals surface area contributed by atoms with E-state index in [0.29, 0.717) is 24.5 Å². The molecule has 6 heteroatoms. The van der Waals surface area contributed by atoms with Crippen LogP contribution < -0.4 is 14.8 Å². The van der Waals surface area contributed by atoms with Gasteiger partial charge in [-0.15, -0.1) is 0 Å². The van der Waals surface area contributed by atoms with E-state index in [-0.39, 0.29) is 5.91 Å². The van der Waals surface area contributed by atoms with Crippen molar-refractivity contribution in [2.75, 3.05) is 13.7 Å². The zero-order chi connectivity index (χ0) is 23.0. The first-order valence-electron chi connectivity index (χ1n) is 11.2. The number of fused-ring (bicyclic) bond motifs is 1. The van der Waals surface area contributed by atoms with Crippen molar-refractivity contribution in [3.8, 4) is 11.5 Å². The van der Waals surface area contributed by atoms with Crippen molar-refractivity contribution in [2.24, 2.45) is 0 Å². The number of nitrogens with one attached hydrogen (secondary N) is 1. The molecule has 6 nitrogen and oxygen atoms in total. The third kappa shape index (κ3) is 5.71. The summed E-state index contributed by atoms with van der Waals surface area (Å²) in [7, 11) is 1.59. The van der Waals surface area contributed by atoms with E-state index in [0.717, 1.165) is 42.0 Å². The second kappa shape index (κ2) is 10.7. The van der Waals surface area contributed by atoms with Gasteiger partial charge in [0.15, 0.2) is 0 Å². The summed E-state index contributed by atoms with van der Waals surface area (Å²) in [5.74, 6) is 2.25. The first-order chi connectivity index (χ1) is 16.1. The molecule has 0 radical (unpaired) electrons. The third-order valence-corrected chi connectivity index (χ3v) is 5.51. The monoisotopic (exact) mass is 443 g/mol. The number of aryl methyl sites for hydroxylation is 2. The lowest BCUT2D eigenvalue weighted by molar-refractivity contribution is 0.0949. The van der Waals surface area contributed by atoms with E-state index in [1.165, 1.54) is 5.56 Å². The van der Waals surface area contributed by atoms with Crippen molar-refractivity contribution in [1.29, 1.82) is 0 Å². The maximum Gasteiger partial charge on any atom is 0.251 e. The molecule has 0 saturated heterocycles. The zero-order valence-corrected chi connectivity index (χ0v) is 19.1. The smallest absolute Gasteiger partial charge is 0.251 e. The van der Waals surface area contributed by atoms with Crippen LogP contribution in [0.15, 0.2) is 72.8 Å². The molecule has 33 heavy (non-hydrogen) atoms. The minimum absolute atomic E-state index is 0.154. The number of para-hydroxylation sites is 2. The molecule has 1 amide bonds. The summed E-state index contributed by atoms with van der Waals surface area (Å²) in [6.45, 7) is 3.89. The number of unbranched alkanes of at least 4 members (excludes halogenated alkanes) is 1. The van der Waals surface area contributed by atoms with Crippen LogP contribution in [0, 0.1) is 6.92 Å². The second-order valence-electron chi connectivity index (χ2n) is 7.96. The van der Waals surface area contributed by atoms with Crippen LogP contribution in [0.3, 0.4) is 0 Å². The predicted octanol–water partition coefficient (Wildman–Crippen LogP) is 5.14. The standard InChI is InChI=1S/C27H29N3O3/c1-20-9-7-12-23(17-20)33-16-6-5-15-30-25-14-4-3-13-24(25)29-26(30)19-28-27(31)21-10-8-11-22(18-21)32-2/h3-4,7-14,17-18H,5-6,15-16,19H2,1-2H3,(H,28,31). The van der Waals surface area contributed by atoms with E-state index in [4.69, 9.17) is 14.5 Å². The molecule has 0 bridgehead atoms. The fraction of sp³-hybridized carbons (Fsp3) is 0.259. The highest BCUT2D eigenvalue weighted by Gasteiger charge is 2.13. The van der Waals surface area contributed by atoms with Gasteiger partial charge in [0.25, 0.3) is 5.91 Å². The average Bonchev–Trinajstić information content (AvgIpc) is 3.20. The number of benzene rings is 3. The summed E-state index contributed by atoms with van der Waals surface area (Å²) < 4.78 is 13.3. The van der Waals surface area contributed by atoms with Crippen LogP contribution >= 0.6 is 0 Å². The van der Waals surface area contributed by atoms with Gasteiger partial charge >= 0.3 is 0 Å². The maximum absolute atomic E-state index is 12.7. The summed E-state index contributed by atoms with van der Waals surface area (Å²) in [6, 6.07) is 23.3. The van der Waals surface area contributed by atoms with Crippen molar-refractivity contribution >= 4 is 16.9 Å². The molecule has 0 aliphatic rings. The van der Waals surface area contributed by atoms with Crippen LogP contribution in [-0.2, 0) is 13.1 Å². The van der Waals surface area contributed by atoms with Gasteiger partial charge in [-0.05, 0) is 67.8 Å². The second-order valence-corrected chi connectivity index (χ2v) is 7.96. The maximum atomic E-state index is 12.7. The first-order valence-corrected chi connectivity index (χ1v) is 11.2. The highest BCUT2D eigenvalue weighted by atomic mass is 16.5. The topological polar surface area (TPSA) is 65.4 Å². The Balaban J connectivity index is 1.38. The number of nitrogens with zero attached hydrogens (tertiary/aromatic N) is 2. The van der Waals surface area contributed by atoms with Crippen LogP contribution in [0.2, 0.25) is 0 Å². The molecular formula is C27H29N3O3. The molecule has 0 aliphatic heterocycles. The first kappa shape index (κ1) is 22.4. The molecule has 0 unspecified atom stereocenters. The highest BCUT2D eigenvalue weighted by Crippen LogP contribution is 2.18. The number of methoxy groups -OCH3 is 1. The molecule has 0 aliphatic carbocycles. The molecular weight excluding hydrogens is 414 g/mol. The summed E-state index contributed by atoms with van der Waals surface area (Å²) in [5, 5.41) is 2.99. The SMILES string of the molecule is COc1cccc(C(=O)NCc2nc3ccccc3n2CCCCOc2cccc(C)c2)c1. The van der Waals surface area contributed by atoms with Gasteiger partial charge in [0.1, 0.15) is 17.3 Å². The Kier molecular flexibility index (Phi) is 7.25. The van der Waals surface area contributed by atoms with Crippen molar-refractivity contribution in [2.45, 2.75) is 32.9 Å². The Hall–Kier alpha value is -3.80. The van der Waals surface area contributed by atoms with Crippen LogP contribution in [-0.4, -0.2) is 29.2 Å². The van der Waals surface area contributed by atoms with Crippen molar-refractivity contribution in [3.63, 3.8) is 0 Å². The number of carbonyl (C=O) groups is 1. The molecule has 0 spiro atoms. The van der Waals surface area contributed by atoms with E-state index in [9.17, 15) is 4.79 Å². The lowest BCUT2D eigenvalue weighted by Gasteiger charge is -2.11. The lowest BCUT2D eigenvalue weighted by Crippen LogP contribution is -2.24. The fourth-order valence-corrected chi connectivity index (χ4v) is 3.80. The quantitative estimate of drug-likeness (QED) is 0.345. The van der Waals surface area contributed by atoms with Gasteiger partial charge in [-0.3, -0.25) is 4.79 Å². The molecule has 0 atom stereocenters. The Morgan fingerprint density at radius 2 is 1.79 bits per heavy atom. The Labute approximate surface area is 194 Å². The summed E-state index contributed by atoms with van der Waals surface area (Å²) in [4.78, 5) is 17.4. The largest absolute Gasteiger partial charge is 0.497 e. The lowest BCUT2D eigenvalue weighted by atomic mass is 10.2. The number of imidazole rings is 1. The van der Waals surface area contributed by atoms with Crippen LogP contribution in [0.1, 0.15) is 34.6 Å². The highest BCUT2D eigenvalue weighted by molar-refractivity contribution is 5.94. The number of amides is 1. The number of hydrogen-bond donors (Lipinski definition) is 1. The van der Waals surface area contributed by atoms with Gasteiger partial charge in [0, 0.05) is 12.1 Å². The summed E-state index contributed by atoms with van der Waals surface area (Å²) in [5.41, 5.74) is 3.75. The van der Waals surface area contributed by atoms with Gasteiger partial charge in [-0.25, -0.2) is 4.98 Å². The van der Waals surface area contributed by atoms with Crippen LogP contribution in [0.25, 0.3) is 11.0 Å². The number of hydrogen-bond acceptors (Lipinski definition) is 4. The van der Waals surface area contributed by atoms with E-state index >= 15 is 0 Å². The predicted molar refractivity (Wildman–Crippen MR) is 130 cm³/mol. The summed E-state index contributed by atoms with van der Waals surface area (Å²) in [6.07, 6.45) is 1.87. The Morgan fingerprint density at radius 1 is 0.970 bits per heavy atom. The van der Waals surface area contributed by atoms with Crippen molar-refractivity contribution in [1.82, 2.24) is 14.9 Å². The third-order valence-electron chi connectivity index (χ3n) is 5.51. The van der Waals surface area contributed by atoms with Gasteiger partial charge in [-0.2, -0.15) is 0 Å². The fourth-order valence-electron chi connectivity index (χ4n) is 3.80. The molecule has 3 aromatic carbocycles. The zero-order valence-electron chi connectivity index (χ0n) is 19.1. The van der Waals surface area contributed by atoms with Gasteiger partial charge in [0.2, 0.25) is 0 Å². The average molecular weight is 444 g/mol. The van der Waals surface area contributed by atoms with Crippen molar-refractivity contribution in [3.05, 3.63) is 89.7 Å². The van der Waals surface area contributed by atoms with E-state index in [2.05, 4.69) is 28.9 Å². The molecule has 1 heterocycles. The molecule has 0 saturated carbocycles. The van der Waals surface area contributed by atoms with E-state index in [1.54, 1.807) is 19.2 Å². The Morgan fingerprint density at radius 3 is 2.64 bits per heavy atom. The van der Waals surface area contributed by atoms with E-state index in [1.807, 2.05) is 48.5 Å². The van der Waals surface area contributed by atoms with Crippen molar-refractivity contribution < 1.29 is 14.3 Å². The normalized spacial score (nSPS) is 10.8. The van der Waals surface area contributed by atoms with Gasteiger partial charge in [0.05, 0.1) is 31.3 Å². The number of aromatic nitrogens is 2. The number of rotatable bonds is 10. The molecule has 170 valence electrons. The number of carbonyl (C=O) groups excluding carboxylic acids is 1.